The Kier molecular flexibility index (Phi) is 3.34. The minimum Gasteiger partial charge on any atom is -0.376 e. The van der Waals surface area contributed by atoms with Crippen molar-refractivity contribution in [1.82, 2.24) is 4.90 Å². The van der Waals surface area contributed by atoms with Crippen LogP contribution >= 0.6 is 0 Å². The third kappa shape index (κ3) is 2.87. The van der Waals surface area contributed by atoms with Crippen molar-refractivity contribution in [2.75, 3.05) is 26.2 Å². The molecule has 0 aliphatic carbocycles. The molecule has 0 aromatic rings. The Balaban J connectivity index is 2.18. The third-order valence-corrected chi connectivity index (χ3v) is 1.87. The fraction of sp³-hybridized carbons (Fsp3) is 0.875. The van der Waals surface area contributed by atoms with Gasteiger partial charge in [-0.15, -0.1) is 0 Å². The first-order chi connectivity index (χ1) is 5.33. The van der Waals surface area contributed by atoms with Gasteiger partial charge in [0.05, 0.1) is 18.8 Å². The Labute approximate surface area is 67.6 Å². The number of rotatable bonds is 2. The number of nitrogens with zero attached hydrogens (tertiary/aromatic N) is 2. The second-order valence-electron chi connectivity index (χ2n) is 2.89. The maximum absolute atomic E-state index is 8.35. The van der Waals surface area contributed by atoms with Gasteiger partial charge < -0.3 is 4.74 Å². The van der Waals surface area contributed by atoms with Crippen LogP contribution in [0.25, 0.3) is 0 Å². The van der Waals surface area contributed by atoms with E-state index in [0.29, 0.717) is 12.5 Å². The molecule has 1 rings (SSSR count). The quantitative estimate of drug-likeness (QED) is 0.585. The summed E-state index contributed by atoms with van der Waals surface area (Å²) in [7, 11) is 0. The molecule has 62 valence electrons. The van der Waals surface area contributed by atoms with E-state index in [-0.39, 0.29) is 0 Å². The molecule has 1 aliphatic heterocycles. The lowest BCUT2D eigenvalue weighted by atomic mass is 10.3. The van der Waals surface area contributed by atoms with Crippen LogP contribution in [0.2, 0.25) is 0 Å². The summed E-state index contributed by atoms with van der Waals surface area (Å²) in [5.74, 6) is 0. The van der Waals surface area contributed by atoms with Crippen LogP contribution < -0.4 is 0 Å². The van der Waals surface area contributed by atoms with Crippen molar-refractivity contribution in [2.24, 2.45) is 0 Å². The number of nitriles is 1. The smallest absolute Gasteiger partial charge is 0.0674 e. The van der Waals surface area contributed by atoms with E-state index in [0.717, 1.165) is 26.2 Å². The van der Waals surface area contributed by atoms with Crippen molar-refractivity contribution in [3.8, 4) is 6.07 Å². The number of hydrogen-bond donors (Lipinski definition) is 0. The Morgan fingerprint density at radius 3 is 3.18 bits per heavy atom. The summed E-state index contributed by atoms with van der Waals surface area (Å²) in [4.78, 5) is 2.28. The Bertz CT molecular complexity index is 153. The van der Waals surface area contributed by atoms with E-state index in [2.05, 4.69) is 17.9 Å². The molecule has 0 aromatic heterocycles. The zero-order valence-corrected chi connectivity index (χ0v) is 6.92. The lowest BCUT2D eigenvalue weighted by Crippen LogP contribution is -2.41. The highest BCUT2D eigenvalue weighted by Crippen LogP contribution is 2.03. The number of morpholine rings is 1. The molecule has 0 saturated carbocycles. The monoisotopic (exact) mass is 154 g/mol. The highest BCUT2D eigenvalue weighted by atomic mass is 16.5. The van der Waals surface area contributed by atoms with Crippen LogP contribution in [0.15, 0.2) is 0 Å². The SMILES string of the molecule is C[C@@H]1CN(CCC#N)CCO1. The van der Waals surface area contributed by atoms with Gasteiger partial charge in [0.15, 0.2) is 0 Å². The molecule has 3 heteroatoms. The van der Waals surface area contributed by atoms with Crippen LogP contribution in [0.4, 0.5) is 0 Å². The average Bonchev–Trinajstić information content (AvgIpc) is 2.01. The van der Waals surface area contributed by atoms with Crippen molar-refractivity contribution in [1.29, 1.82) is 5.26 Å². The summed E-state index contributed by atoms with van der Waals surface area (Å²) in [6.07, 6.45) is 0.967. The van der Waals surface area contributed by atoms with Gasteiger partial charge in [-0.3, -0.25) is 4.90 Å². The van der Waals surface area contributed by atoms with Crippen molar-refractivity contribution in [3.63, 3.8) is 0 Å². The van der Waals surface area contributed by atoms with E-state index >= 15 is 0 Å². The zero-order valence-electron chi connectivity index (χ0n) is 6.92. The first-order valence-electron chi connectivity index (χ1n) is 4.04. The summed E-state index contributed by atoms with van der Waals surface area (Å²) in [5.41, 5.74) is 0. The van der Waals surface area contributed by atoms with Crippen LogP contribution in [0, 0.1) is 11.3 Å². The van der Waals surface area contributed by atoms with E-state index in [1.165, 1.54) is 0 Å². The molecule has 1 saturated heterocycles. The van der Waals surface area contributed by atoms with E-state index in [9.17, 15) is 0 Å². The Morgan fingerprint density at radius 2 is 2.55 bits per heavy atom. The van der Waals surface area contributed by atoms with E-state index in [1.54, 1.807) is 0 Å². The molecule has 0 radical (unpaired) electrons. The molecular formula is C8H14N2O. The van der Waals surface area contributed by atoms with Gasteiger partial charge in [0.2, 0.25) is 0 Å². The van der Waals surface area contributed by atoms with Crippen molar-refractivity contribution >= 4 is 0 Å². The van der Waals surface area contributed by atoms with Gasteiger partial charge in [-0.1, -0.05) is 0 Å². The molecule has 1 aliphatic rings. The zero-order chi connectivity index (χ0) is 8.10. The Hall–Kier alpha value is -0.590. The first-order valence-corrected chi connectivity index (χ1v) is 4.04. The average molecular weight is 154 g/mol. The minimum atomic E-state index is 0.336. The lowest BCUT2D eigenvalue weighted by molar-refractivity contribution is -0.0173. The third-order valence-electron chi connectivity index (χ3n) is 1.87. The molecule has 0 bridgehead atoms. The molecule has 3 nitrogen and oxygen atoms in total. The van der Waals surface area contributed by atoms with Crippen molar-refractivity contribution in [3.05, 3.63) is 0 Å². The molecule has 11 heavy (non-hydrogen) atoms. The molecule has 1 atom stereocenters. The van der Waals surface area contributed by atoms with Crippen molar-refractivity contribution < 1.29 is 4.74 Å². The first kappa shape index (κ1) is 8.51. The highest BCUT2D eigenvalue weighted by Gasteiger charge is 2.15. The van der Waals surface area contributed by atoms with E-state index in [4.69, 9.17) is 10.00 Å². The summed E-state index contributed by atoms with van der Waals surface area (Å²) in [6, 6.07) is 2.15. The van der Waals surface area contributed by atoms with Gasteiger partial charge in [0, 0.05) is 26.1 Å². The second-order valence-corrected chi connectivity index (χ2v) is 2.89. The summed E-state index contributed by atoms with van der Waals surface area (Å²) < 4.78 is 5.36. The molecular weight excluding hydrogens is 140 g/mol. The van der Waals surface area contributed by atoms with Crippen LogP contribution in [-0.4, -0.2) is 37.2 Å². The topological polar surface area (TPSA) is 36.3 Å². The van der Waals surface area contributed by atoms with Gasteiger partial charge in [0.1, 0.15) is 0 Å². The minimum absolute atomic E-state index is 0.336. The second kappa shape index (κ2) is 4.32. The fourth-order valence-corrected chi connectivity index (χ4v) is 1.30. The summed E-state index contributed by atoms with van der Waals surface area (Å²) >= 11 is 0. The maximum Gasteiger partial charge on any atom is 0.0674 e. The van der Waals surface area contributed by atoms with Crippen molar-refractivity contribution in [2.45, 2.75) is 19.4 Å². The standard InChI is InChI=1S/C8H14N2O/c1-8-7-10(4-2-3-9)5-6-11-8/h8H,2,4-7H2,1H3/t8-/m1/s1. The summed E-state index contributed by atoms with van der Waals surface area (Å²) in [5, 5.41) is 8.35. The highest BCUT2D eigenvalue weighted by molar-refractivity contribution is 4.75. The molecule has 0 aromatic carbocycles. The number of hydrogen-bond acceptors (Lipinski definition) is 3. The van der Waals surface area contributed by atoms with E-state index in [1.807, 2.05) is 0 Å². The van der Waals surface area contributed by atoms with Crippen LogP contribution in [0.3, 0.4) is 0 Å². The molecule has 1 heterocycles. The van der Waals surface area contributed by atoms with Gasteiger partial charge >= 0.3 is 0 Å². The molecule has 1 fully saturated rings. The molecule has 0 amide bonds. The maximum atomic E-state index is 8.35. The molecule has 0 spiro atoms. The normalized spacial score (nSPS) is 26.4. The largest absolute Gasteiger partial charge is 0.376 e. The van der Waals surface area contributed by atoms with Crippen LogP contribution in [0.5, 0.6) is 0 Å². The predicted octanol–water partition coefficient (Wildman–Crippen LogP) is 0.621. The van der Waals surface area contributed by atoms with E-state index < -0.39 is 0 Å². The predicted molar refractivity (Wildman–Crippen MR) is 42.1 cm³/mol. The van der Waals surface area contributed by atoms with Gasteiger partial charge in [-0.2, -0.15) is 5.26 Å². The van der Waals surface area contributed by atoms with Crippen LogP contribution in [0.1, 0.15) is 13.3 Å². The lowest BCUT2D eigenvalue weighted by Gasteiger charge is -2.30. The Morgan fingerprint density at radius 1 is 1.73 bits per heavy atom. The fourth-order valence-electron chi connectivity index (χ4n) is 1.30. The van der Waals surface area contributed by atoms with Gasteiger partial charge in [0.25, 0.3) is 0 Å². The van der Waals surface area contributed by atoms with Gasteiger partial charge in [-0.25, -0.2) is 0 Å². The molecule has 0 N–H and O–H groups in total. The molecule has 0 unspecified atom stereocenters. The number of ether oxygens (including phenoxy) is 1. The summed E-state index contributed by atoms with van der Waals surface area (Å²) in [6.45, 7) is 5.73. The van der Waals surface area contributed by atoms with Crippen LogP contribution in [-0.2, 0) is 4.74 Å². The van der Waals surface area contributed by atoms with Gasteiger partial charge in [-0.05, 0) is 6.92 Å².